The molecule has 0 unspecified atom stereocenters. The highest BCUT2D eigenvalue weighted by Crippen LogP contribution is 2.46. The van der Waals surface area contributed by atoms with Crippen LogP contribution in [0, 0.1) is 12.3 Å². The topological polar surface area (TPSA) is 55.5 Å². The molecule has 1 fully saturated rings. The molecule has 1 spiro atoms. The fourth-order valence-electron chi connectivity index (χ4n) is 5.67. The van der Waals surface area contributed by atoms with Gasteiger partial charge in [0.15, 0.2) is 5.82 Å². The second-order valence-corrected chi connectivity index (χ2v) is 9.74. The van der Waals surface area contributed by atoms with Gasteiger partial charge in [-0.25, -0.2) is 9.50 Å². The van der Waals surface area contributed by atoms with Gasteiger partial charge in [0.05, 0.1) is 29.7 Å². The van der Waals surface area contributed by atoms with E-state index in [1.54, 1.807) is 19.5 Å². The summed E-state index contributed by atoms with van der Waals surface area (Å²) in [6.07, 6.45) is 9.87. The van der Waals surface area contributed by atoms with Crippen molar-refractivity contribution < 1.29 is 4.74 Å². The summed E-state index contributed by atoms with van der Waals surface area (Å²) >= 11 is 6.46. The Hall–Kier alpha value is -3.12. The SMILES string of the molecule is COc1ccc2c(c1)CC1(CCN(c3nc(C)c(-c4ccncc4Cl)n4nccc34)CC1)C2. The lowest BCUT2D eigenvalue weighted by Crippen LogP contribution is -2.41. The first kappa shape index (κ1) is 20.5. The number of rotatable bonds is 3. The lowest BCUT2D eigenvalue weighted by Gasteiger charge is -2.40. The number of hydrogen-bond donors (Lipinski definition) is 0. The molecule has 4 heterocycles. The molecule has 0 atom stereocenters. The number of methoxy groups -OCH3 is 1. The lowest BCUT2D eigenvalue weighted by molar-refractivity contribution is 0.232. The predicted molar refractivity (Wildman–Crippen MR) is 130 cm³/mol. The molecule has 2 aliphatic rings. The average molecular weight is 460 g/mol. The molecule has 3 aromatic heterocycles. The van der Waals surface area contributed by atoms with E-state index in [4.69, 9.17) is 21.3 Å². The summed E-state index contributed by atoms with van der Waals surface area (Å²) in [6.45, 7) is 4.02. The van der Waals surface area contributed by atoms with Crippen molar-refractivity contribution in [2.45, 2.75) is 32.6 Å². The second kappa shape index (κ2) is 7.73. The van der Waals surface area contributed by atoms with E-state index in [1.165, 1.54) is 11.1 Å². The summed E-state index contributed by atoms with van der Waals surface area (Å²) in [5.41, 5.74) is 7.02. The second-order valence-electron chi connectivity index (χ2n) is 9.33. The van der Waals surface area contributed by atoms with Gasteiger partial charge in [0, 0.05) is 31.0 Å². The van der Waals surface area contributed by atoms with Crippen molar-refractivity contribution in [1.29, 1.82) is 0 Å². The molecule has 7 heteroatoms. The molecule has 0 saturated carbocycles. The molecule has 0 bridgehead atoms. The van der Waals surface area contributed by atoms with Crippen molar-refractivity contribution in [1.82, 2.24) is 19.6 Å². The van der Waals surface area contributed by atoms with Crippen LogP contribution in [-0.2, 0) is 12.8 Å². The lowest BCUT2D eigenvalue weighted by atomic mass is 9.76. The fourth-order valence-corrected chi connectivity index (χ4v) is 5.87. The maximum absolute atomic E-state index is 6.46. The van der Waals surface area contributed by atoms with E-state index in [2.05, 4.69) is 33.2 Å². The summed E-state index contributed by atoms with van der Waals surface area (Å²) in [5.74, 6) is 1.96. The highest BCUT2D eigenvalue weighted by atomic mass is 35.5. The summed E-state index contributed by atoms with van der Waals surface area (Å²) < 4.78 is 7.42. The fraction of sp³-hybridized carbons (Fsp3) is 0.346. The summed E-state index contributed by atoms with van der Waals surface area (Å²) in [4.78, 5) is 11.6. The monoisotopic (exact) mass is 459 g/mol. The zero-order valence-corrected chi connectivity index (χ0v) is 19.6. The maximum atomic E-state index is 6.46. The molecule has 0 radical (unpaired) electrons. The average Bonchev–Trinajstić information content (AvgIpc) is 3.44. The third kappa shape index (κ3) is 3.35. The number of nitrogens with zero attached hydrogens (tertiary/aromatic N) is 5. The van der Waals surface area contributed by atoms with Gasteiger partial charge in [0.2, 0.25) is 0 Å². The molecule has 1 aliphatic carbocycles. The van der Waals surface area contributed by atoms with E-state index < -0.39 is 0 Å². The number of hydrogen-bond acceptors (Lipinski definition) is 5. The van der Waals surface area contributed by atoms with E-state index in [0.29, 0.717) is 10.4 Å². The van der Waals surface area contributed by atoms with Crippen LogP contribution in [0.15, 0.2) is 48.9 Å². The van der Waals surface area contributed by atoms with Crippen molar-refractivity contribution >= 4 is 22.9 Å². The van der Waals surface area contributed by atoms with Gasteiger partial charge in [-0.3, -0.25) is 4.98 Å². The maximum Gasteiger partial charge on any atom is 0.155 e. The number of aryl methyl sites for hydroxylation is 1. The molecular weight excluding hydrogens is 434 g/mol. The Balaban J connectivity index is 1.29. The molecule has 0 N–H and O–H groups in total. The molecule has 6 rings (SSSR count). The van der Waals surface area contributed by atoms with Gasteiger partial charge in [-0.1, -0.05) is 17.7 Å². The molecule has 168 valence electrons. The van der Waals surface area contributed by atoms with Gasteiger partial charge in [0.1, 0.15) is 11.3 Å². The van der Waals surface area contributed by atoms with E-state index in [9.17, 15) is 0 Å². The summed E-state index contributed by atoms with van der Waals surface area (Å²) in [6, 6.07) is 10.5. The van der Waals surface area contributed by atoms with Gasteiger partial charge in [-0.2, -0.15) is 5.10 Å². The Bertz CT molecular complexity index is 1360. The third-order valence-corrected chi connectivity index (χ3v) is 7.70. The largest absolute Gasteiger partial charge is 0.497 e. The van der Waals surface area contributed by atoms with Crippen molar-refractivity contribution in [3.8, 4) is 17.0 Å². The molecule has 1 aliphatic heterocycles. The number of ether oxygens (including phenoxy) is 1. The van der Waals surface area contributed by atoms with E-state index in [1.807, 2.05) is 29.8 Å². The molecular formula is C26H26ClN5O. The molecule has 4 aromatic rings. The summed E-state index contributed by atoms with van der Waals surface area (Å²) in [5, 5.41) is 5.23. The Morgan fingerprint density at radius 1 is 1.03 bits per heavy atom. The van der Waals surface area contributed by atoms with Crippen LogP contribution in [0.5, 0.6) is 5.75 Å². The van der Waals surface area contributed by atoms with E-state index in [0.717, 1.165) is 72.8 Å². The van der Waals surface area contributed by atoms with Crippen LogP contribution in [0.1, 0.15) is 29.7 Å². The van der Waals surface area contributed by atoms with Crippen molar-refractivity contribution in [3.63, 3.8) is 0 Å². The van der Waals surface area contributed by atoms with Gasteiger partial charge in [-0.05, 0) is 73.4 Å². The van der Waals surface area contributed by atoms with Crippen LogP contribution >= 0.6 is 11.6 Å². The number of aromatic nitrogens is 4. The Kier molecular flexibility index (Phi) is 4.80. The van der Waals surface area contributed by atoms with Crippen molar-refractivity contribution in [3.05, 3.63) is 70.8 Å². The van der Waals surface area contributed by atoms with Crippen LogP contribution < -0.4 is 9.64 Å². The van der Waals surface area contributed by atoms with Crippen LogP contribution in [0.3, 0.4) is 0 Å². The predicted octanol–water partition coefficient (Wildman–Crippen LogP) is 5.15. The van der Waals surface area contributed by atoms with Crippen molar-refractivity contribution in [2.24, 2.45) is 5.41 Å². The highest BCUT2D eigenvalue weighted by molar-refractivity contribution is 6.33. The number of halogens is 1. The zero-order valence-electron chi connectivity index (χ0n) is 18.9. The minimum Gasteiger partial charge on any atom is -0.497 e. The Morgan fingerprint density at radius 2 is 1.85 bits per heavy atom. The minimum absolute atomic E-state index is 0.348. The third-order valence-electron chi connectivity index (χ3n) is 7.40. The molecule has 6 nitrogen and oxygen atoms in total. The normalized spacial score (nSPS) is 17.0. The van der Waals surface area contributed by atoms with Crippen molar-refractivity contribution in [2.75, 3.05) is 25.1 Å². The van der Waals surface area contributed by atoms with E-state index >= 15 is 0 Å². The Morgan fingerprint density at radius 3 is 2.64 bits per heavy atom. The van der Waals surface area contributed by atoms with E-state index in [-0.39, 0.29) is 0 Å². The number of piperidine rings is 1. The summed E-state index contributed by atoms with van der Waals surface area (Å²) in [7, 11) is 1.74. The number of benzene rings is 1. The molecule has 1 aromatic carbocycles. The molecule has 1 saturated heterocycles. The number of pyridine rings is 1. The minimum atomic E-state index is 0.348. The first-order valence-corrected chi connectivity index (χ1v) is 11.8. The quantitative estimate of drug-likeness (QED) is 0.424. The Labute approximate surface area is 198 Å². The van der Waals surface area contributed by atoms with Crippen LogP contribution in [0.25, 0.3) is 16.8 Å². The molecule has 0 amide bonds. The number of anilines is 1. The van der Waals surface area contributed by atoms with Crippen LogP contribution in [0.2, 0.25) is 5.02 Å². The van der Waals surface area contributed by atoms with Crippen LogP contribution in [-0.4, -0.2) is 39.8 Å². The van der Waals surface area contributed by atoms with Gasteiger partial charge in [0.25, 0.3) is 0 Å². The number of fused-ring (bicyclic) bond motifs is 2. The molecule has 33 heavy (non-hydrogen) atoms. The van der Waals surface area contributed by atoms with Gasteiger partial charge >= 0.3 is 0 Å². The first-order valence-electron chi connectivity index (χ1n) is 11.4. The first-order chi connectivity index (χ1) is 16.1. The van der Waals surface area contributed by atoms with Gasteiger partial charge < -0.3 is 9.64 Å². The zero-order chi connectivity index (χ0) is 22.6. The van der Waals surface area contributed by atoms with Crippen LogP contribution in [0.4, 0.5) is 5.82 Å². The highest BCUT2D eigenvalue weighted by Gasteiger charge is 2.40. The van der Waals surface area contributed by atoms with Gasteiger partial charge in [-0.15, -0.1) is 0 Å². The standard InChI is InChI=1S/C26H26ClN5O/c1-17-24(21-5-9-28-16-22(21)27)32-23(6-10-29-32)25(30-17)31-11-7-26(8-12-31)14-18-3-4-20(33-2)13-19(18)15-26/h3-6,9-10,13,16H,7-8,11-12,14-15H2,1-2H3. The smallest absolute Gasteiger partial charge is 0.155 e.